The van der Waals surface area contributed by atoms with E-state index in [4.69, 9.17) is 10.2 Å². The van der Waals surface area contributed by atoms with Crippen LogP contribution in [0.15, 0.2) is 72.0 Å². The van der Waals surface area contributed by atoms with Crippen molar-refractivity contribution in [1.29, 1.82) is 0 Å². The fraction of sp³-hybridized carbons (Fsp3) is 0.320. The van der Waals surface area contributed by atoms with Gasteiger partial charge in [0.15, 0.2) is 0 Å². The van der Waals surface area contributed by atoms with Crippen molar-refractivity contribution in [2.45, 2.75) is 18.9 Å². The van der Waals surface area contributed by atoms with Crippen molar-refractivity contribution < 1.29 is 14.8 Å². The predicted octanol–water partition coefficient (Wildman–Crippen LogP) is 2.21. The molecule has 1 saturated heterocycles. The Balaban J connectivity index is 1.29. The van der Waals surface area contributed by atoms with Crippen LogP contribution in [0.2, 0.25) is 0 Å². The van der Waals surface area contributed by atoms with Crippen molar-refractivity contribution in [3.05, 3.63) is 78.2 Å². The van der Waals surface area contributed by atoms with Crippen LogP contribution in [0.3, 0.4) is 0 Å². The Morgan fingerprint density at radius 2 is 1.76 bits per heavy atom. The van der Waals surface area contributed by atoms with E-state index in [0.29, 0.717) is 18.4 Å². The summed E-state index contributed by atoms with van der Waals surface area (Å²) in [5.41, 5.74) is 2.73. The van der Waals surface area contributed by atoms with Gasteiger partial charge < -0.3 is 4.90 Å². The highest BCUT2D eigenvalue weighted by Crippen LogP contribution is 2.29. The lowest BCUT2D eigenvalue weighted by molar-refractivity contribution is -0.131. The van der Waals surface area contributed by atoms with Crippen molar-refractivity contribution in [1.82, 2.24) is 20.3 Å². The van der Waals surface area contributed by atoms with E-state index in [9.17, 15) is 9.59 Å². The Labute approximate surface area is 197 Å². The lowest BCUT2D eigenvalue weighted by Crippen LogP contribution is -2.51. The van der Waals surface area contributed by atoms with Gasteiger partial charge >= 0.3 is 0 Å². The molecule has 1 fully saturated rings. The molecular formula is C25H26N6O3. The van der Waals surface area contributed by atoms with E-state index in [1.807, 2.05) is 59.5 Å². The van der Waals surface area contributed by atoms with Crippen LogP contribution < -0.4 is 10.4 Å². The average Bonchev–Trinajstić information content (AvgIpc) is 2.91. The summed E-state index contributed by atoms with van der Waals surface area (Å²) in [7, 11) is 0. The summed E-state index contributed by atoms with van der Waals surface area (Å²) in [6.45, 7) is 2.13. The fourth-order valence-corrected chi connectivity index (χ4v) is 4.68. The van der Waals surface area contributed by atoms with Crippen LogP contribution in [-0.2, 0) is 4.79 Å². The summed E-state index contributed by atoms with van der Waals surface area (Å²) in [6, 6.07) is 9.75. The number of fused-ring (bicyclic) bond motifs is 1. The molecule has 0 spiro atoms. The fourth-order valence-electron chi connectivity index (χ4n) is 4.68. The number of carbonyl (C=O) groups excluding carboxylic acids is 2. The quantitative estimate of drug-likeness (QED) is 0.525. The number of rotatable bonds is 5. The molecule has 2 atom stereocenters. The Bertz CT molecular complexity index is 1140. The number of nitrogens with one attached hydrogen (secondary N) is 1. The van der Waals surface area contributed by atoms with Crippen LogP contribution in [0.5, 0.6) is 0 Å². The molecule has 0 radical (unpaired) electrons. The first kappa shape index (κ1) is 22.0. The summed E-state index contributed by atoms with van der Waals surface area (Å²) >= 11 is 0. The summed E-state index contributed by atoms with van der Waals surface area (Å²) in [6.07, 6.45) is 12.4. The number of benzene rings is 1. The molecule has 9 heteroatoms. The molecule has 3 heterocycles. The van der Waals surface area contributed by atoms with Gasteiger partial charge in [-0.05, 0) is 18.8 Å². The average molecular weight is 459 g/mol. The van der Waals surface area contributed by atoms with Crippen LogP contribution in [-0.4, -0.2) is 63.4 Å². The molecule has 2 unspecified atom stereocenters. The summed E-state index contributed by atoms with van der Waals surface area (Å²) in [5, 5.41) is 8.74. The predicted molar refractivity (Wildman–Crippen MR) is 126 cm³/mol. The zero-order valence-electron chi connectivity index (χ0n) is 18.6. The van der Waals surface area contributed by atoms with E-state index >= 15 is 0 Å². The standard InChI is InChI=1S/C25H26N6O3/c32-23(29-34)19-14-26-25(27-15-19)30-12-10-17(11-13-30)16-31-22(18-6-2-1-3-7-18)28-21-9-5-4-8-20(21)24(31)33/h1-9,14-15,17,20-21,34H,10-13,16H2,(H,29,32). The van der Waals surface area contributed by atoms with E-state index in [1.165, 1.54) is 12.4 Å². The topological polar surface area (TPSA) is 111 Å². The van der Waals surface area contributed by atoms with Crippen LogP contribution in [0.4, 0.5) is 5.95 Å². The maximum Gasteiger partial charge on any atom is 0.277 e. The molecule has 1 aromatic carbocycles. The number of amidine groups is 1. The number of hydroxylamine groups is 1. The first-order valence-electron chi connectivity index (χ1n) is 11.4. The number of allylic oxidation sites excluding steroid dienone is 2. The normalized spacial score (nSPS) is 22.4. The van der Waals surface area contributed by atoms with Gasteiger partial charge in [0.2, 0.25) is 11.9 Å². The largest absolute Gasteiger partial charge is 0.341 e. The minimum absolute atomic E-state index is 0.1000. The second-order valence-electron chi connectivity index (χ2n) is 8.70. The molecule has 0 saturated carbocycles. The number of aromatic nitrogens is 2. The van der Waals surface area contributed by atoms with Crippen molar-refractivity contribution in [2.24, 2.45) is 16.8 Å². The highest BCUT2D eigenvalue weighted by molar-refractivity contribution is 6.10. The minimum atomic E-state index is -0.641. The molecule has 0 bridgehead atoms. The van der Waals surface area contributed by atoms with Gasteiger partial charge in [0, 0.05) is 37.6 Å². The third-order valence-electron chi connectivity index (χ3n) is 6.56. The first-order valence-corrected chi connectivity index (χ1v) is 11.4. The number of amides is 2. The van der Waals surface area contributed by atoms with E-state index in [0.717, 1.165) is 37.3 Å². The molecule has 174 valence electrons. The smallest absolute Gasteiger partial charge is 0.277 e. The second-order valence-corrected chi connectivity index (χ2v) is 8.70. The second kappa shape index (κ2) is 9.56. The van der Waals surface area contributed by atoms with E-state index in [1.54, 1.807) is 5.48 Å². The summed E-state index contributed by atoms with van der Waals surface area (Å²) < 4.78 is 0. The van der Waals surface area contributed by atoms with Crippen molar-refractivity contribution in [2.75, 3.05) is 24.5 Å². The molecule has 9 nitrogen and oxygen atoms in total. The van der Waals surface area contributed by atoms with Crippen molar-refractivity contribution >= 4 is 23.6 Å². The number of carbonyl (C=O) groups is 2. The minimum Gasteiger partial charge on any atom is -0.341 e. The third-order valence-corrected chi connectivity index (χ3v) is 6.56. The lowest BCUT2D eigenvalue weighted by Gasteiger charge is -2.39. The highest BCUT2D eigenvalue weighted by atomic mass is 16.5. The van der Waals surface area contributed by atoms with Gasteiger partial charge in [-0.15, -0.1) is 0 Å². The number of anilines is 1. The van der Waals surface area contributed by atoms with Crippen LogP contribution in [0, 0.1) is 11.8 Å². The molecule has 1 aromatic heterocycles. The van der Waals surface area contributed by atoms with Crippen LogP contribution in [0.1, 0.15) is 28.8 Å². The third kappa shape index (κ3) is 4.34. The molecule has 2 aromatic rings. The zero-order valence-corrected chi connectivity index (χ0v) is 18.6. The number of aliphatic imine (C=N–C) groups is 1. The molecule has 2 aliphatic heterocycles. The SMILES string of the molecule is O=C(NO)c1cnc(N2CCC(CN3C(=O)C4C=CC=CC4N=C3c3ccccc3)CC2)nc1. The molecule has 5 rings (SSSR count). The number of hydrogen-bond donors (Lipinski definition) is 2. The number of piperidine rings is 1. The van der Waals surface area contributed by atoms with Gasteiger partial charge in [0.05, 0.1) is 17.5 Å². The highest BCUT2D eigenvalue weighted by Gasteiger charge is 2.38. The number of hydrogen-bond acceptors (Lipinski definition) is 7. The zero-order chi connectivity index (χ0) is 23.5. The molecular weight excluding hydrogens is 432 g/mol. The Kier molecular flexibility index (Phi) is 6.18. The Hall–Kier alpha value is -3.85. The summed E-state index contributed by atoms with van der Waals surface area (Å²) in [4.78, 5) is 42.4. The molecule has 1 aliphatic carbocycles. The molecule has 3 aliphatic rings. The molecule has 2 amide bonds. The van der Waals surface area contributed by atoms with Gasteiger partial charge in [0.25, 0.3) is 5.91 Å². The first-order chi connectivity index (χ1) is 16.6. The van der Waals surface area contributed by atoms with Gasteiger partial charge in [0.1, 0.15) is 5.84 Å². The van der Waals surface area contributed by atoms with Gasteiger partial charge in [-0.25, -0.2) is 15.4 Å². The van der Waals surface area contributed by atoms with E-state index in [2.05, 4.69) is 14.9 Å². The van der Waals surface area contributed by atoms with Crippen LogP contribution >= 0.6 is 0 Å². The summed E-state index contributed by atoms with van der Waals surface area (Å²) in [5.74, 6) is 0.834. The van der Waals surface area contributed by atoms with Gasteiger partial charge in [-0.2, -0.15) is 0 Å². The monoisotopic (exact) mass is 458 g/mol. The van der Waals surface area contributed by atoms with Gasteiger partial charge in [-0.3, -0.25) is 24.7 Å². The molecule has 2 N–H and O–H groups in total. The Morgan fingerprint density at radius 3 is 2.47 bits per heavy atom. The van der Waals surface area contributed by atoms with Gasteiger partial charge in [-0.1, -0.05) is 54.6 Å². The maximum absolute atomic E-state index is 13.5. The van der Waals surface area contributed by atoms with E-state index in [-0.39, 0.29) is 23.4 Å². The lowest BCUT2D eigenvalue weighted by atomic mass is 9.89. The van der Waals surface area contributed by atoms with E-state index < -0.39 is 5.91 Å². The van der Waals surface area contributed by atoms with Crippen molar-refractivity contribution in [3.63, 3.8) is 0 Å². The maximum atomic E-state index is 13.5. The number of nitrogens with zero attached hydrogens (tertiary/aromatic N) is 5. The van der Waals surface area contributed by atoms with Crippen molar-refractivity contribution in [3.8, 4) is 0 Å². The molecule has 34 heavy (non-hydrogen) atoms. The van der Waals surface area contributed by atoms with Crippen LogP contribution in [0.25, 0.3) is 0 Å². The Morgan fingerprint density at radius 1 is 1.06 bits per heavy atom.